The van der Waals surface area contributed by atoms with Crippen LogP contribution in [-0.4, -0.2) is 37.6 Å². The summed E-state index contributed by atoms with van der Waals surface area (Å²) in [4.78, 5) is 2.53. The van der Waals surface area contributed by atoms with Gasteiger partial charge in [0, 0.05) is 19.1 Å². The lowest BCUT2D eigenvalue weighted by molar-refractivity contribution is 0.205. The summed E-state index contributed by atoms with van der Waals surface area (Å²) in [5.74, 6) is 0. The standard InChI is InChI=1S/C17H28N2/c1-13-7-8-16(15(3)14(13)2)9-11-19(4)17-6-5-10-18-12-17/h7-8,17-18H,5-6,9-12H2,1-4H3. The van der Waals surface area contributed by atoms with Crippen molar-refractivity contribution in [2.45, 2.75) is 46.1 Å². The second-order valence-corrected chi connectivity index (χ2v) is 6.02. The molecule has 0 aliphatic carbocycles. The highest BCUT2D eigenvalue weighted by Gasteiger charge is 2.17. The maximum atomic E-state index is 3.50. The fraction of sp³-hybridized carbons (Fsp3) is 0.647. The van der Waals surface area contributed by atoms with Crippen molar-refractivity contribution in [3.8, 4) is 0 Å². The number of benzene rings is 1. The van der Waals surface area contributed by atoms with Crippen LogP contribution in [0.5, 0.6) is 0 Å². The van der Waals surface area contributed by atoms with Crippen molar-refractivity contribution in [2.24, 2.45) is 0 Å². The molecule has 1 aliphatic rings. The Morgan fingerprint density at radius 3 is 2.68 bits per heavy atom. The summed E-state index contributed by atoms with van der Waals surface area (Å²) in [7, 11) is 2.27. The highest BCUT2D eigenvalue weighted by Crippen LogP contribution is 2.18. The lowest BCUT2D eigenvalue weighted by Crippen LogP contribution is -2.44. The van der Waals surface area contributed by atoms with Crippen LogP contribution in [0.4, 0.5) is 0 Å². The second kappa shape index (κ2) is 6.53. The largest absolute Gasteiger partial charge is 0.315 e. The Balaban J connectivity index is 1.93. The van der Waals surface area contributed by atoms with Gasteiger partial charge in [0.15, 0.2) is 0 Å². The van der Waals surface area contributed by atoms with Crippen LogP contribution in [0.15, 0.2) is 12.1 Å². The molecule has 1 N–H and O–H groups in total. The van der Waals surface area contributed by atoms with E-state index in [-0.39, 0.29) is 0 Å². The van der Waals surface area contributed by atoms with E-state index in [2.05, 4.69) is 50.2 Å². The van der Waals surface area contributed by atoms with E-state index in [9.17, 15) is 0 Å². The van der Waals surface area contributed by atoms with E-state index in [1.165, 1.54) is 48.1 Å². The van der Waals surface area contributed by atoms with Crippen LogP contribution in [0.3, 0.4) is 0 Å². The van der Waals surface area contributed by atoms with E-state index >= 15 is 0 Å². The SMILES string of the molecule is Cc1ccc(CCN(C)C2CCCNC2)c(C)c1C. The maximum Gasteiger partial charge on any atom is 0.0218 e. The molecular formula is C17H28N2. The summed E-state index contributed by atoms with van der Waals surface area (Å²) < 4.78 is 0. The van der Waals surface area contributed by atoms with Crippen LogP contribution in [0, 0.1) is 20.8 Å². The van der Waals surface area contributed by atoms with Crippen molar-refractivity contribution >= 4 is 0 Å². The first-order chi connectivity index (χ1) is 9.09. The fourth-order valence-corrected chi connectivity index (χ4v) is 2.97. The van der Waals surface area contributed by atoms with Gasteiger partial charge in [-0.3, -0.25) is 0 Å². The molecule has 1 aromatic rings. The van der Waals surface area contributed by atoms with Crippen LogP contribution in [0.1, 0.15) is 35.1 Å². The van der Waals surface area contributed by atoms with Crippen LogP contribution in [0.25, 0.3) is 0 Å². The molecule has 0 saturated carbocycles. The van der Waals surface area contributed by atoms with Gasteiger partial charge in [-0.25, -0.2) is 0 Å². The van der Waals surface area contributed by atoms with Crippen LogP contribution < -0.4 is 5.32 Å². The summed E-state index contributed by atoms with van der Waals surface area (Å²) in [6, 6.07) is 5.30. The van der Waals surface area contributed by atoms with E-state index in [4.69, 9.17) is 0 Å². The van der Waals surface area contributed by atoms with Gasteiger partial charge in [0.05, 0.1) is 0 Å². The van der Waals surface area contributed by atoms with Crippen molar-refractivity contribution < 1.29 is 0 Å². The number of aryl methyl sites for hydroxylation is 1. The molecule has 0 bridgehead atoms. The number of nitrogens with one attached hydrogen (secondary N) is 1. The molecule has 2 nitrogen and oxygen atoms in total. The fourth-order valence-electron chi connectivity index (χ4n) is 2.97. The quantitative estimate of drug-likeness (QED) is 0.895. The Morgan fingerprint density at radius 1 is 1.21 bits per heavy atom. The highest BCUT2D eigenvalue weighted by molar-refractivity contribution is 5.38. The summed E-state index contributed by atoms with van der Waals surface area (Å²) in [5.41, 5.74) is 5.86. The smallest absolute Gasteiger partial charge is 0.0218 e. The zero-order valence-corrected chi connectivity index (χ0v) is 12.9. The van der Waals surface area contributed by atoms with Crippen molar-refractivity contribution in [3.63, 3.8) is 0 Å². The zero-order valence-electron chi connectivity index (χ0n) is 12.9. The Bertz CT molecular complexity index is 420. The van der Waals surface area contributed by atoms with Crippen LogP contribution >= 0.6 is 0 Å². The molecule has 0 amide bonds. The topological polar surface area (TPSA) is 15.3 Å². The van der Waals surface area contributed by atoms with Gasteiger partial charge >= 0.3 is 0 Å². The van der Waals surface area contributed by atoms with Gasteiger partial charge in [0.2, 0.25) is 0 Å². The summed E-state index contributed by atoms with van der Waals surface area (Å²) in [6.45, 7) is 10.2. The number of hydrogen-bond donors (Lipinski definition) is 1. The van der Waals surface area contributed by atoms with Crippen molar-refractivity contribution in [3.05, 3.63) is 34.4 Å². The predicted octanol–water partition coefficient (Wildman–Crippen LogP) is 2.84. The third-order valence-electron chi connectivity index (χ3n) is 4.80. The van der Waals surface area contributed by atoms with Crippen LogP contribution in [-0.2, 0) is 6.42 Å². The minimum absolute atomic E-state index is 0.723. The number of rotatable bonds is 4. The first-order valence-corrected chi connectivity index (χ1v) is 7.56. The molecule has 0 radical (unpaired) electrons. The van der Waals surface area contributed by atoms with Gasteiger partial charge in [-0.2, -0.15) is 0 Å². The molecule has 0 spiro atoms. The van der Waals surface area contributed by atoms with E-state index in [1.807, 2.05) is 0 Å². The Morgan fingerprint density at radius 2 is 2.00 bits per heavy atom. The van der Waals surface area contributed by atoms with Crippen LogP contribution in [0.2, 0.25) is 0 Å². The number of nitrogens with zero attached hydrogens (tertiary/aromatic N) is 1. The summed E-state index contributed by atoms with van der Waals surface area (Å²) >= 11 is 0. The molecule has 19 heavy (non-hydrogen) atoms. The molecule has 2 heteroatoms. The summed E-state index contributed by atoms with van der Waals surface area (Å²) in [6.07, 6.45) is 3.83. The lowest BCUT2D eigenvalue weighted by Gasteiger charge is -2.31. The van der Waals surface area contributed by atoms with Crippen molar-refractivity contribution in [1.82, 2.24) is 10.2 Å². The van der Waals surface area contributed by atoms with Crippen molar-refractivity contribution in [1.29, 1.82) is 0 Å². The molecule has 106 valence electrons. The third kappa shape index (κ3) is 3.58. The second-order valence-electron chi connectivity index (χ2n) is 6.02. The number of hydrogen-bond acceptors (Lipinski definition) is 2. The molecule has 1 heterocycles. The monoisotopic (exact) mass is 260 g/mol. The average molecular weight is 260 g/mol. The van der Waals surface area contributed by atoms with E-state index in [0.717, 1.165) is 19.1 Å². The first kappa shape index (κ1) is 14.5. The minimum atomic E-state index is 0.723. The number of piperidine rings is 1. The normalized spacial score (nSPS) is 19.9. The highest BCUT2D eigenvalue weighted by atomic mass is 15.2. The molecule has 1 saturated heterocycles. The molecule has 1 atom stereocenters. The third-order valence-corrected chi connectivity index (χ3v) is 4.80. The molecule has 0 aromatic heterocycles. The van der Waals surface area contributed by atoms with E-state index in [0.29, 0.717) is 0 Å². The molecule has 1 aromatic carbocycles. The van der Waals surface area contributed by atoms with Gasteiger partial charge in [-0.1, -0.05) is 12.1 Å². The summed E-state index contributed by atoms with van der Waals surface area (Å²) in [5, 5.41) is 3.50. The van der Waals surface area contributed by atoms with Gasteiger partial charge < -0.3 is 10.2 Å². The van der Waals surface area contributed by atoms with Gasteiger partial charge in [-0.05, 0) is 75.9 Å². The Kier molecular flexibility index (Phi) is 5.00. The molecular weight excluding hydrogens is 232 g/mol. The van der Waals surface area contributed by atoms with Crippen molar-refractivity contribution in [2.75, 3.05) is 26.7 Å². The van der Waals surface area contributed by atoms with Gasteiger partial charge in [-0.15, -0.1) is 0 Å². The predicted molar refractivity (Wildman–Crippen MR) is 82.9 cm³/mol. The molecule has 1 fully saturated rings. The Hall–Kier alpha value is -0.860. The molecule has 2 rings (SSSR count). The molecule has 1 aliphatic heterocycles. The zero-order chi connectivity index (χ0) is 13.8. The molecule has 1 unspecified atom stereocenters. The number of likely N-dealkylation sites (N-methyl/N-ethyl adjacent to an activating group) is 1. The first-order valence-electron chi connectivity index (χ1n) is 7.56. The minimum Gasteiger partial charge on any atom is -0.315 e. The van der Waals surface area contributed by atoms with Gasteiger partial charge in [0.1, 0.15) is 0 Å². The van der Waals surface area contributed by atoms with E-state index in [1.54, 1.807) is 0 Å². The van der Waals surface area contributed by atoms with Gasteiger partial charge in [0.25, 0.3) is 0 Å². The average Bonchev–Trinajstić information content (AvgIpc) is 2.45. The lowest BCUT2D eigenvalue weighted by atomic mass is 9.96. The van der Waals surface area contributed by atoms with E-state index < -0.39 is 0 Å². The maximum absolute atomic E-state index is 3.50. The Labute approximate surface area is 118 Å².